The monoisotopic (exact) mass is 113 g/mol. The summed E-state index contributed by atoms with van der Waals surface area (Å²) in [5.41, 5.74) is 1.14. The highest BCUT2D eigenvalue weighted by Gasteiger charge is 2.03. The van der Waals surface area contributed by atoms with Crippen LogP contribution in [0.1, 0.15) is 12.8 Å². The van der Waals surface area contributed by atoms with Crippen molar-refractivity contribution in [2.45, 2.75) is 12.8 Å². The molecule has 0 bridgehead atoms. The second-order valence-corrected chi connectivity index (χ2v) is 1.95. The van der Waals surface area contributed by atoms with Crippen LogP contribution < -0.4 is 11.2 Å². The van der Waals surface area contributed by atoms with Crippen LogP contribution in [0.15, 0.2) is 5.10 Å². The summed E-state index contributed by atoms with van der Waals surface area (Å²) in [5.74, 6) is 5.06. The Morgan fingerprint density at radius 3 is 2.38 bits per heavy atom. The smallest absolute Gasteiger partial charge is 0.0401 e. The van der Waals surface area contributed by atoms with Crippen LogP contribution in [0.2, 0.25) is 0 Å². The molecule has 0 atom stereocenters. The minimum atomic E-state index is 1.02. The van der Waals surface area contributed by atoms with Crippen LogP contribution in [-0.2, 0) is 0 Å². The Kier molecular flexibility index (Phi) is 1.86. The van der Waals surface area contributed by atoms with Crippen molar-refractivity contribution in [3.05, 3.63) is 0 Å². The summed E-state index contributed by atoms with van der Waals surface area (Å²) in [6.07, 6.45) is 2.05. The fourth-order valence-corrected chi connectivity index (χ4v) is 0.844. The van der Waals surface area contributed by atoms with Crippen molar-refractivity contribution in [1.82, 2.24) is 5.32 Å². The van der Waals surface area contributed by atoms with Gasteiger partial charge in [-0.05, 0) is 12.8 Å². The van der Waals surface area contributed by atoms with E-state index in [9.17, 15) is 0 Å². The molecule has 46 valence electrons. The van der Waals surface area contributed by atoms with Gasteiger partial charge >= 0.3 is 0 Å². The Morgan fingerprint density at radius 1 is 1.38 bits per heavy atom. The van der Waals surface area contributed by atoms with Crippen molar-refractivity contribution in [2.24, 2.45) is 10.9 Å². The van der Waals surface area contributed by atoms with Crippen LogP contribution in [0.25, 0.3) is 0 Å². The van der Waals surface area contributed by atoms with Crippen LogP contribution in [-0.4, -0.2) is 18.8 Å². The lowest BCUT2D eigenvalue weighted by atomic mass is 10.1. The maximum Gasteiger partial charge on any atom is 0.0401 e. The number of nitrogens with two attached hydrogens (primary N) is 1. The van der Waals surface area contributed by atoms with E-state index in [2.05, 4.69) is 10.4 Å². The zero-order valence-electron chi connectivity index (χ0n) is 4.85. The topological polar surface area (TPSA) is 50.4 Å². The zero-order chi connectivity index (χ0) is 5.82. The van der Waals surface area contributed by atoms with Crippen molar-refractivity contribution in [1.29, 1.82) is 0 Å². The van der Waals surface area contributed by atoms with Crippen molar-refractivity contribution >= 4 is 5.71 Å². The highest BCUT2D eigenvalue weighted by atomic mass is 15.1. The highest BCUT2D eigenvalue weighted by molar-refractivity contribution is 5.85. The first-order valence-corrected chi connectivity index (χ1v) is 2.90. The van der Waals surface area contributed by atoms with Gasteiger partial charge in [0.1, 0.15) is 0 Å². The number of nitrogens with one attached hydrogen (secondary N) is 1. The third-order valence-corrected chi connectivity index (χ3v) is 1.36. The van der Waals surface area contributed by atoms with E-state index in [4.69, 9.17) is 5.84 Å². The predicted molar refractivity (Wildman–Crippen MR) is 33.7 cm³/mol. The Labute approximate surface area is 48.9 Å². The van der Waals surface area contributed by atoms with Crippen molar-refractivity contribution in [3.8, 4) is 0 Å². The number of hydrogen-bond acceptors (Lipinski definition) is 3. The van der Waals surface area contributed by atoms with E-state index in [1.807, 2.05) is 0 Å². The lowest BCUT2D eigenvalue weighted by Gasteiger charge is -2.11. The molecule has 1 saturated heterocycles. The first-order chi connectivity index (χ1) is 3.93. The molecule has 1 rings (SSSR count). The average Bonchev–Trinajstić information content (AvgIpc) is 1.90. The molecule has 0 aliphatic carbocycles. The summed E-state index contributed by atoms with van der Waals surface area (Å²) < 4.78 is 0. The van der Waals surface area contributed by atoms with Gasteiger partial charge in [-0.25, -0.2) is 0 Å². The van der Waals surface area contributed by atoms with E-state index in [1.54, 1.807) is 0 Å². The van der Waals surface area contributed by atoms with Gasteiger partial charge in [-0.3, -0.25) is 0 Å². The summed E-state index contributed by atoms with van der Waals surface area (Å²) in [6.45, 7) is 2.08. The minimum absolute atomic E-state index is 1.02. The quantitative estimate of drug-likeness (QED) is 0.334. The number of hydrogen-bond donors (Lipinski definition) is 2. The average molecular weight is 113 g/mol. The van der Waals surface area contributed by atoms with E-state index < -0.39 is 0 Å². The molecule has 0 radical (unpaired) electrons. The molecule has 0 unspecified atom stereocenters. The fraction of sp³-hybridized carbons (Fsp3) is 0.800. The molecule has 1 heterocycles. The maximum atomic E-state index is 5.06. The van der Waals surface area contributed by atoms with Gasteiger partial charge in [0.2, 0.25) is 0 Å². The molecule has 8 heavy (non-hydrogen) atoms. The molecule has 1 fully saturated rings. The molecule has 0 aromatic carbocycles. The summed E-state index contributed by atoms with van der Waals surface area (Å²) in [4.78, 5) is 0. The molecule has 1 aliphatic rings. The highest BCUT2D eigenvalue weighted by Crippen LogP contribution is 1.94. The standard InChI is InChI=1S/C5H11N3/c6-8-5-1-3-7-4-2-5/h7H,1-4,6H2. The first kappa shape index (κ1) is 5.56. The van der Waals surface area contributed by atoms with E-state index in [-0.39, 0.29) is 0 Å². The van der Waals surface area contributed by atoms with Crippen molar-refractivity contribution in [2.75, 3.05) is 13.1 Å². The predicted octanol–water partition coefficient (Wildman–Crippen LogP) is -0.316. The molecular formula is C5H11N3. The zero-order valence-corrected chi connectivity index (χ0v) is 4.85. The van der Waals surface area contributed by atoms with Crippen molar-refractivity contribution in [3.63, 3.8) is 0 Å². The summed E-state index contributed by atoms with van der Waals surface area (Å²) in [5, 5.41) is 6.84. The van der Waals surface area contributed by atoms with E-state index in [1.165, 1.54) is 0 Å². The van der Waals surface area contributed by atoms with Gasteiger partial charge in [0.25, 0.3) is 0 Å². The number of piperidine rings is 1. The van der Waals surface area contributed by atoms with E-state index >= 15 is 0 Å². The molecule has 3 heteroatoms. The van der Waals surface area contributed by atoms with E-state index in [0.29, 0.717) is 0 Å². The van der Waals surface area contributed by atoms with Gasteiger partial charge < -0.3 is 11.2 Å². The lowest BCUT2D eigenvalue weighted by Crippen LogP contribution is -2.28. The van der Waals surface area contributed by atoms with Gasteiger partial charge in [-0.15, -0.1) is 0 Å². The van der Waals surface area contributed by atoms with Crippen molar-refractivity contribution < 1.29 is 0 Å². The number of hydrazone groups is 1. The van der Waals surface area contributed by atoms with Crippen LogP contribution >= 0.6 is 0 Å². The van der Waals surface area contributed by atoms with Gasteiger partial charge in [-0.1, -0.05) is 0 Å². The van der Waals surface area contributed by atoms with Gasteiger partial charge in [0, 0.05) is 18.8 Å². The lowest BCUT2D eigenvalue weighted by molar-refractivity contribution is 0.669. The largest absolute Gasteiger partial charge is 0.323 e. The van der Waals surface area contributed by atoms with Gasteiger partial charge in [0.15, 0.2) is 0 Å². The molecular weight excluding hydrogens is 102 g/mol. The van der Waals surface area contributed by atoms with E-state index in [0.717, 1.165) is 31.6 Å². The Bertz CT molecular complexity index is 89.8. The fourth-order valence-electron chi connectivity index (χ4n) is 0.844. The summed E-state index contributed by atoms with van der Waals surface area (Å²) >= 11 is 0. The second kappa shape index (κ2) is 2.67. The molecule has 1 aliphatic heterocycles. The third-order valence-electron chi connectivity index (χ3n) is 1.36. The third kappa shape index (κ3) is 1.20. The molecule has 0 saturated carbocycles. The molecule has 0 amide bonds. The second-order valence-electron chi connectivity index (χ2n) is 1.95. The Balaban J connectivity index is 2.33. The Hall–Kier alpha value is -0.570. The summed E-state index contributed by atoms with van der Waals surface area (Å²) in [6, 6.07) is 0. The molecule has 0 aromatic rings. The molecule has 3 N–H and O–H groups in total. The molecule has 0 spiro atoms. The number of nitrogens with zero attached hydrogens (tertiary/aromatic N) is 1. The SMILES string of the molecule is NN=C1CCNCC1. The van der Waals surface area contributed by atoms with Crippen LogP contribution in [0, 0.1) is 0 Å². The van der Waals surface area contributed by atoms with Gasteiger partial charge in [-0.2, -0.15) is 5.10 Å². The molecule has 3 nitrogen and oxygen atoms in total. The Morgan fingerprint density at radius 2 is 2.00 bits per heavy atom. The normalized spacial score (nSPS) is 20.8. The van der Waals surface area contributed by atoms with Gasteiger partial charge in [0.05, 0.1) is 0 Å². The van der Waals surface area contributed by atoms with Crippen LogP contribution in [0.3, 0.4) is 0 Å². The summed E-state index contributed by atoms with van der Waals surface area (Å²) in [7, 11) is 0. The minimum Gasteiger partial charge on any atom is -0.323 e. The first-order valence-electron chi connectivity index (χ1n) is 2.90. The number of rotatable bonds is 0. The molecule has 0 aromatic heterocycles. The maximum absolute atomic E-state index is 5.06. The van der Waals surface area contributed by atoms with Crippen LogP contribution in [0.4, 0.5) is 0 Å². The van der Waals surface area contributed by atoms with Crippen LogP contribution in [0.5, 0.6) is 0 Å².